The van der Waals surface area contributed by atoms with E-state index in [1.54, 1.807) is 24.0 Å². The summed E-state index contributed by atoms with van der Waals surface area (Å²) in [4.78, 5) is 11.0. The van der Waals surface area contributed by atoms with Gasteiger partial charge in [-0.1, -0.05) is 11.6 Å². The molecule has 0 saturated carbocycles. The highest BCUT2D eigenvalue weighted by Gasteiger charge is 2.23. The molecular weight excluding hydrogens is 435 g/mol. The number of hydrogen-bond donors (Lipinski definition) is 4. The van der Waals surface area contributed by atoms with Gasteiger partial charge < -0.3 is 14.9 Å². The van der Waals surface area contributed by atoms with E-state index in [1.165, 1.54) is 6.07 Å². The van der Waals surface area contributed by atoms with Crippen molar-refractivity contribution in [3.63, 3.8) is 0 Å². The summed E-state index contributed by atoms with van der Waals surface area (Å²) >= 11 is 5.72. The summed E-state index contributed by atoms with van der Waals surface area (Å²) in [7, 11) is 1.80. The van der Waals surface area contributed by atoms with Crippen LogP contribution in [-0.2, 0) is 13.6 Å². The Morgan fingerprint density at radius 2 is 2.06 bits per heavy atom. The van der Waals surface area contributed by atoms with E-state index in [-0.39, 0.29) is 39.8 Å². The maximum absolute atomic E-state index is 14.3. The normalized spacial score (nSPS) is 11.2. The van der Waals surface area contributed by atoms with Crippen LogP contribution in [0.2, 0.25) is 5.02 Å². The summed E-state index contributed by atoms with van der Waals surface area (Å²) in [6, 6.07) is 4.04. The summed E-state index contributed by atoms with van der Waals surface area (Å²) in [5, 5.41) is 21.7. The lowest BCUT2D eigenvalue weighted by Crippen LogP contribution is -2.27. The molecule has 0 bridgehead atoms. The Morgan fingerprint density at radius 1 is 1.29 bits per heavy atom. The number of nitrogens with zero attached hydrogens (tertiary/aromatic N) is 4. The minimum Gasteiger partial charge on any atom is -0.349 e. The number of amidine groups is 1. The number of rotatable bonds is 5. The Morgan fingerprint density at radius 3 is 2.74 bits per heavy atom. The van der Waals surface area contributed by atoms with Crippen LogP contribution in [0.15, 0.2) is 36.7 Å². The Kier molecular flexibility index (Phi) is 5.29. The van der Waals surface area contributed by atoms with Crippen molar-refractivity contribution in [2.24, 2.45) is 7.05 Å². The number of halogens is 4. The molecule has 8 nitrogen and oxygen atoms in total. The molecule has 0 unspecified atom stereocenters. The lowest BCUT2D eigenvalue weighted by Gasteiger charge is -2.18. The lowest BCUT2D eigenvalue weighted by atomic mass is 10.1. The Hall–Kier alpha value is -3.57. The number of imidazole rings is 2. The first-order valence-corrected chi connectivity index (χ1v) is 9.24. The molecule has 0 aliphatic heterocycles. The SMILES string of the molecule is Cn1ccnc1CNc1nc2c(F)c(F)cc(C(=N)N(O)c3ccc(F)c(Cl)c3)c2[nH]1. The molecule has 31 heavy (non-hydrogen) atoms. The van der Waals surface area contributed by atoms with Gasteiger partial charge in [0.05, 0.1) is 22.8 Å². The van der Waals surface area contributed by atoms with Gasteiger partial charge in [-0.15, -0.1) is 0 Å². The summed E-state index contributed by atoms with van der Waals surface area (Å²) in [5.41, 5.74) is -0.581. The highest BCUT2D eigenvalue weighted by molar-refractivity contribution is 6.31. The van der Waals surface area contributed by atoms with Gasteiger partial charge in [0, 0.05) is 25.0 Å². The highest BCUT2D eigenvalue weighted by atomic mass is 35.5. The van der Waals surface area contributed by atoms with Crippen LogP contribution in [0.25, 0.3) is 11.0 Å². The van der Waals surface area contributed by atoms with Gasteiger partial charge >= 0.3 is 0 Å². The van der Waals surface area contributed by atoms with E-state index in [4.69, 9.17) is 17.0 Å². The van der Waals surface area contributed by atoms with Crippen molar-refractivity contribution >= 4 is 40.1 Å². The minimum absolute atomic E-state index is 0.0153. The van der Waals surface area contributed by atoms with E-state index in [1.807, 2.05) is 0 Å². The van der Waals surface area contributed by atoms with Crippen molar-refractivity contribution < 1.29 is 18.4 Å². The molecule has 0 amide bonds. The zero-order chi connectivity index (χ0) is 22.3. The van der Waals surface area contributed by atoms with Gasteiger partial charge in [0.1, 0.15) is 17.2 Å². The van der Waals surface area contributed by atoms with E-state index < -0.39 is 23.3 Å². The lowest BCUT2D eigenvalue weighted by molar-refractivity contribution is 0.312. The molecule has 2 heterocycles. The standard InChI is InChI=1S/C19H15ClF3N7O/c1-29-5-4-25-14(29)8-26-19-27-16-10(7-13(22)15(23)17(16)28-19)18(24)30(31)9-2-3-12(21)11(20)6-9/h2-7,24,31H,8H2,1H3,(H2,26,27,28). The van der Waals surface area contributed by atoms with Crippen LogP contribution >= 0.6 is 11.6 Å². The topological polar surface area (TPSA) is 106 Å². The fraction of sp³-hybridized carbons (Fsp3) is 0.105. The van der Waals surface area contributed by atoms with Crippen molar-refractivity contribution in [1.82, 2.24) is 19.5 Å². The first kappa shape index (κ1) is 20.7. The molecule has 0 aliphatic rings. The monoisotopic (exact) mass is 449 g/mol. The van der Waals surface area contributed by atoms with E-state index in [0.717, 1.165) is 18.2 Å². The van der Waals surface area contributed by atoms with Crippen LogP contribution in [-0.4, -0.2) is 30.6 Å². The predicted molar refractivity (Wildman–Crippen MR) is 109 cm³/mol. The molecule has 2 aromatic carbocycles. The van der Waals surface area contributed by atoms with Crippen LogP contribution in [0.1, 0.15) is 11.4 Å². The summed E-state index contributed by atoms with van der Waals surface area (Å²) in [6.45, 7) is 0.250. The fourth-order valence-electron chi connectivity index (χ4n) is 2.96. The number of aromatic amines is 1. The van der Waals surface area contributed by atoms with Crippen molar-refractivity contribution in [3.8, 4) is 0 Å². The maximum Gasteiger partial charge on any atom is 0.201 e. The Bertz CT molecular complexity index is 1300. The molecular formula is C19H15ClF3N7O. The molecule has 0 aliphatic carbocycles. The third kappa shape index (κ3) is 3.80. The largest absolute Gasteiger partial charge is 0.349 e. The molecule has 4 rings (SSSR count). The Balaban J connectivity index is 1.70. The van der Waals surface area contributed by atoms with Crippen molar-refractivity contribution in [2.45, 2.75) is 6.54 Å². The second kappa shape index (κ2) is 7.93. The van der Waals surface area contributed by atoms with Gasteiger partial charge in [-0.2, -0.15) is 0 Å². The number of fused-ring (bicyclic) bond motifs is 1. The zero-order valence-corrected chi connectivity index (χ0v) is 16.7. The molecule has 2 aromatic heterocycles. The third-order valence-corrected chi connectivity index (χ3v) is 4.90. The van der Waals surface area contributed by atoms with Crippen LogP contribution in [0, 0.1) is 22.9 Å². The van der Waals surface area contributed by atoms with Crippen molar-refractivity contribution in [3.05, 3.63) is 70.5 Å². The van der Waals surface area contributed by atoms with Gasteiger partial charge in [0.2, 0.25) is 5.95 Å². The fourth-order valence-corrected chi connectivity index (χ4v) is 3.14. The summed E-state index contributed by atoms with van der Waals surface area (Å²) < 4.78 is 43.7. The maximum atomic E-state index is 14.3. The number of hydroxylamine groups is 1. The van der Waals surface area contributed by atoms with Gasteiger partial charge in [0.15, 0.2) is 17.5 Å². The van der Waals surface area contributed by atoms with E-state index in [2.05, 4.69) is 20.3 Å². The Labute approximate surface area is 178 Å². The third-order valence-electron chi connectivity index (χ3n) is 4.61. The summed E-state index contributed by atoms with van der Waals surface area (Å²) in [5.74, 6) is -2.98. The van der Waals surface area contributed by atoms with Gasteiger partial charge in [-0.05, 0) is 24.3 Å². The molecule has 0 radical (unpaired) electrons. The van der Waals surface area contributed by atoms with Crippen LogP contribution in [0.3, 0.4) is 0 Å². The number of nitrogens with one attached hydrogen (secondary N) is 3. The average Bonchev–Trinajstić information content (AvgIpc) is 3.36. The van der Waals surface area contributed by atoms with Gasteiger partial charge in [0.25, 0.3) is 0 Å². The first-order chi connectivity index (χ1) is 14.8. The molecule has 0 saturated heterocycles. The number of benzene rings is 2. The van der Waals surface area contributed by atoms with Crippen molar-refractivity contribution in [1.29, 1.82) is 5.41 Å². The number of aromatic nitrogens is 4. The van der Waals surface area contributed by atoms with E-state index >= 15 is 0 Å². The van der Waals surface area contributed by atoms with Crippen LogP contribution in [0.4, 0.5) is 24.8 Å². The molecule has 12 heteroatoms. The molecule has 4 aromatic rings. The molecule has 0 spiro atoms. The predicted octanol–water partition coefficient (Wildman–Crippen LogP) is 4.20. The average molecular weight is 450 g/mol. The van der Waals surface area contributed by atoms with Crippen LogP contribution in [0.5, 0.6) is 0 Å². The number of hydrogen-bond acceptors (Lipinski definition) is 5. The number of aryl methyl sites for hydroxylation is 1. The zero-order valence-electron chi connectivity index (χ0n) is 15.9. The molecule has 0 fully saturated rings. The van der Waals surface area contributed by atoms with E-state index in [9.17, 15) is 18.4 Å². The van der Waals surface area contributed by atoms with Crippen molar-refractivity contribution in [2.75, 3.05) is 10.4 Å². The smallest absolute Gasteiger partial charge is 0.201 e. The summed E-state index contributed by atoms with van der Waals surface area (Å²) in [6.07, 6.45) is 3.36. The second-order valence-electron chi connectivity index (χ2n) is 6.60. The minimum atomic E-state index is -1.25. The first-order valence-electron chi connectivity index (χ1n) is 8.87. The van der Waals surface area contributed by atoms with Crippen LogP contribution < -0.4 is 10.4 Å². The molecule has 4 N–H and O–H groups in total. The highest BCUT2D eigenvalue weighted by Crippen LogP contribution is 2.28. The number of anilines is 2. The van der Waals surface area contributed by atoms with Gasteiger partial charge in [-0.25, -0.2) is 28.2 Å². The quantitative estimate of drug-likeness (QED) is 0.207. The van der Waals surface area contributed by atoms with Gasteiger partial charge in [-0.3, -0.25) is 10.6 Å². The van der Waals surface area contributed by atoms with E-state index in [0.29, 0.717) is 10.9 Å². The number of H-pyrrole nitrogens is 1. The molecule has 160 valence electrons. The second-order valence-corrected chi connectivity index (χ2v) is 7.00. The molecule has 0 atom stereocenters.